The summed E-state index contributed by atoms with van der Waals surface area (Å²) in [6.07, 6.45) is 0. The van der Waals surface area contributed by atoms with Crippen molar-refractivity contribution in [2.75, 3.05) is 4.90 Å². The van der Waals surface area contributed by atoms with Crippen LogP contribution in [0.5, 0.6) is 0 Å². The number of hydrogen-bond donors (Lipinski definition) is 0. The Morgan fingerprint density at radius 3 is 1.06 bits per heavy atom. The topological polar surface area (TPSA) is 3.24 Å². The number of anilines is 3. The van der Waals surface area contributed by atoms with E-state index in [2.05, 4.69) is 254 Å². The van der Waals surface area contributed by atoms with Crippen LogP contribution in [0.2, 0.25) is 0 Å². The smallest absolute Gasteiger partial charge is 0.0462 e. The lowest BCUT2D eigenvalue weighted by Gasteiger charge is -2.26. The summed E-state index contributed by atoms with van der Waals surface area (Å²) in [6.45, 7) is 0. The Labute approximate surface area is 397 Å². The molecule has 0 bridgehead atoms. The average molecular weight is 888 g/mol. The van der Waals surface area contributed by atoms with Gasteiger partial charge in [-0.05, 0) is 139 Å². The first-order valence-electron chi connectivity index (χ1n) is 22.8. The number of fused-ring (bicyclic) bond motifs is 7. The van der Waals surface area contributed by atoms with E-state index in [0.717, 1.165) is 17.1 Å². The predicted octanol–water partition coefficient (Wildman–Crippen LogP) is 19.4. The van der Waals surface area contributed by atoms with E-state index in [0.29, 0.717) is 0 Å². The van der Waals surface area contributed by atoms with Gasteiger partial charge >= 0.3 is 0 Å². The third kappa shape index (κ3) is 7.26. The van der Waals surface area contributed by atoms with Gasteiger partial charge < -0.3 is 4.90 Å². The maximum Gasteiger partial charge on any atom is 0.0462 e. The summed E-state index contributed by atoms with van der Waals surface area (Å²) in [5.74, 6) is 0. The molecule has 11 aromatic carbocycles. The maximum atomic E-state index is 2.37. The molecular weight excluding hydrogens is 847 g/mol. The first-order chi connectivity index (χ1) is 33.1. The fourth-order valence-electron chi connectivity index (χ4n) is 9.77. The Kier molecular flexibility index (Phi) is 9.63. The van der Waals surface area contributed by atoms with Crippen LogP contribution in [-0.4, -0.2) is 0 Å². The SMILES string of the molecule is c1cc(-c2ccc(-c3ccc(N(c4ccc(-c5ccc6c(c5)sc5ccccc56)cc4)c4ccc(-c5ccc6c(c5)sc5ccccc56)cc4)cc3)cc2)cc(-c2ccc3ccccc3c2)c1. The molecule has 3 heteroatoms. The summed E-state index contributed by atoms with van der Waals surface area (Å²) in [5, 5.41) is 7.81. The highest BCUT2D eigenvalue weighted by Gasteiger charge is 2.16. The maximum absolute atomic E-state index is 2.37. The van der Waals surface area contributed by atoms with Crippen molar-refractivity contribution in [2.24, 2.45) is 0 Å². The van der Waals surface area contributed by atoms with Crippen molar-refractivity contribution < 1.29 is 0 Å². The minimum absolute atomic E-state index is 1.10. The molecule has 0 atom stereocenters. The molecule has 0 aliphatic heterocycles. The molecule has 0 saturated carbocycles. The molecule has 0 amide bonds. The Bertz CT molecular complexity index is 3790. The summed E-state index contributed by atoms with van der Waals surface area (Å²) in [4.78, 5) is 2.37. The lowest BCUT2D eigenvalue weighted by atomic mass is 9.96. The van der Waals surface area contributed by atoms with Gasteiger partial charge in [0, 0.05) is 57.4 Å². The standard InChI is InChI=1S/C64H41NS2/c1-2-9-48-39-51(21-20-42(48)8-1)50-11-7-10-49(38-50)45-18-16-43(17-19-45)44-22-30-54(31-23-44)65(55-32-24-46(25-33-55)52-28-36-59-57-12-3-5-14-61(57)66-63(59)40-52)56-34-26-47(27-35-56)53-29-37-60-58-13-4-6-15-62(58)67-64(60)41-53/h1-41H. The van der Waals surface area contributed by atoms with Crippen molar-refractivity contribution in [3.05, 3.63) is 249 Å². The van der Waals surface area contributed by atoms with Gasteiger partial charge in [0.25, 0.3) is 0 Å². The quantitative estimate of drug-likeness (QED) is 0.147. The van der Waals surface area contributed by atoms with E-state index in [1.54, 1.807) is 0 Å². The van der Waals surface area contributed by atoms with Gasteiger partial charge in [0.05, 0.1) is 0 Å². The van der Waals surface area contributed by atoms with Gasteiger partial charge in [0.2, 0.25) is 0 Å². The van der Waals surface area contributed by atoms with Crippen molar-refractivity contribution in [1.82, 2.24) is 0 Å². The van der Waals surface area contributed by atoms with Crippen molar-refractivity contribution in [3.63, 3.8) is 0 Å². The Balaban J connectivity index is 0.813. The minimum Gasteiger partial charge on any atom is -0.311 e. The van der Waals surface area contributed by atoms with Crippen LogP contribution < -0.4 is 4.90 Å². The van der Waals surface area contributed by atoms with E-state index in [9.17, 15) is 0 Å². The van der Waals surface area contributed by atoms with E-state index < -0.39 is 0 Å². The van der Waals surface area contributed by atoms with E-state index in [4.69, 9.17) is 0 Å². The zero-order valence-corrected chi connectivity index (χ0v) is 38.1. The van der Waals surface area contributed by atoms with Crippen LogP contribution in [0.4, 0.5) is 17.1 Å². The largest absolute Gasteiger partial charge is 0.311 e. The number of benzene rings is 11. The lowest BCUT2D eigenvalue weighted by Crippen LogP contribution is -2.09. The highest BCUT2D eigenvalue weighted by atomic mass is 32.1. The molecule has 0 aliphatic rings. The molecule has 1 nitrogen and oxygen atoms in total. The van der Waals surface area contributed by atoms with Crippen LogP contribution in [0, 0.1) is 0 Å². The van der Waals surface area contributed by atoms with Crippen LogP contribution in [0.25, 0.3) is 107 Å². The molecule has 0 unspecified atom stereocenters. The molecule has 0 N–H and O–H groups in total. The third-order valence-corrected chi connectivity index (χ3v) is 15.6. The Hall–Kier alpha value is -8.08. The molecule has 13 aromatic rings. The molecule has 67 heavy (non-hydrogen) atoms. The van der Waals surface area contributed by atoms with Crippen molar-refractivity contribution in [1.29, 1.82) is 0 Å². The summed E-state index contributed by atoms with van der Waals surface area (Å²) >= 11 is 3.73. The van der Waals surface area contributed by atoms with Crippen LogP contribution in [0.15, 0.2) is 249 Å². The predicted molar refractivity (Wildman–Crippen MR) is 292 cm³/mol. The Morgan fingerprint density at radius 1 is 0.209 bits per heavy atom. The van der Waals surface area contributed by atoms with Crippen LogP contribution in [0.1, 0.15) is 0 Å². The first-order valence-corrected chi connectivity index (χ1v) is 24.4. The molecule has 0 fully saturated rings. The van der Waals surface area contributed by atoms with Crippen LogP contribution in [-0.2, 0) is 0 Å². The highest BCUT2D eigenvalue weighted by Crippen LogP contribution is 2.41. The minimum atomic E-state index is 1.10. The van der Waals surface area contributed by atoms with Gasteiger partial charge in [0.1, 0.15) is 0 Å². The summed E-state index contributed by atoms with van der Waals surface area (Å²) < 4.78 is 5.29. The first kappa shape index (κ1) is 39.3. The number of nitrogens with zero attached hydrogens (tertiary/aromatic N) is 1. The molecule has 2 heterocycles. The monoisotopic (exact) mass is 887 g/mol. The van der Waals surface area contributed by atoms with Crippen molar-refractivity contribution in [2.45, 2.75) is 0 Å². The molecule has 0 aliphatic carbocycles. The molecule has 314 valence electrons. The van der Waals surface area contributed by atoms with E-state index >= 15 is 0 Å². The highest BCUT2D eigenvalue weighted by molar-refractivity contribution is 7.26. The molecule has 13 rings (SSSR count). The van der Waals surface area contributed by atoms with Crippen molar-refractivity contribution in [3.8, 4) is 55.6 Å². The van der Waals surface area contributed by atoms with Gasteiger partial charge in [0.15, 0.2) is 0 Å². The van der Waals surface area contributed by atoms with E-state index in [1.807, 2.05) is 22.7 Å². The molecule has 0 spiro atoms. The fraction of sp³-hybridized carbons (Fsp3) is 0. The lowest BCUT2D eigenvalue weighted by molar-refractivity contribution is 1.28. The third-order valence-electron chi connectivity index (χ3n) is 13.3. The zero-order chi connectivity index (χ0) is 44.3. The molecule has 0 radical (unpaired) electrons. The second-order valence-corrected chi connectivity index (χ2v) is 19.5. The van der Waals surface area contributed by atoms with Gasteiger partial charge in [-0.3, -0.25) is 0 Å². The van der Waals surface area contributed by atoms with Crippen molar-refractivity contribution >= 4 is 90.9 Å². The molecule has 0 saturated heterocycles. The molecule has 2 aromatic heterocycles. The second-order valence-electron chi connectivity index (χ2n) is 17.3. The second kappa shape index (κ2) is 16.4. The van der Waals surface area contributed by atoms with Gasteiger partial charge in [-0.2, -0.15) is 0 Å². The Morgan fingerprint density at radius 2 is 0.552 bits per heavy atom. The van der Waals surface area contributed by atoms with Crippen LogP contribution >= 0.6 is 22.7 Å². The van der Waals surface area contributed by atoms with Gasteiger partial charge in [-0.1, -0.05) is 176 Å². The fourth-order valence-corrected chi connectivity index (χ4v) is 12.1. The summed E-state index contributed by atoms with van der Waals surface area (Å²) in [5.41, 5.74) is 15.4. The molecular formula is C64H41NS2. The summed E-state index contributed by atoms with van der Waals surface area (Å²) in [7, 11) is 0. The van der Waals surface area contributed by atoms with E-state index in [1.165, 1.54) is 107 Å². The summed E-state index contributed by atoms with van der Waals surface area (Å²) in [6, 6.07) is 91.4. The van der Waals surface area contributed by atoms with Crippen LogP contribution in [0.3, 0.4) is 0 Å². The van der Waals surface area contributed by atoms with Gasteiger partial charge in [-0.25, -0.2) is 0 Å². The van der Waals surface area contributed by atoms with Gasteiger partial charge in [-0.15, -0.1) is 22.7 Å². The normalized spacial score (nSPS) is 11.6. The van der Waals surface area contributed by atoms with E-state index in [-0.39, 0.29) is 0 Å². The zero-order valence-electron chi connectivity index (χ0n) is 36.4. The number of hydrogen-bond acceptors (Lipinski definition) is 3. The number of thiophene rings is 2. The average Bonchev–Trinajstić information content (AvgIpc) is 3.97. The number of rotatable bonds is 8.